The predicted molar refractivity (Wildman–Crippen MR) is 102 cm³/mol. The molecule has 1 aromatic carbocycles. The average molecular weight is 376 g/mol. The third kappa shape index (κ3) is 4.27. The van der Waals surface area contributed by atoms with E-state index in [-0.39, 0.29) is 12.5 Å². The van der Waals surface area contributed by atoms with E-state index in [1.807, 2.05) is 42.5 Å². The Labute approximate surface area is 159 Å². The highest BCUT2D eigenvalue weighted by atomic mass is 32.1. The molecular weight excluding hydrogens is 360 g/mol. The fourth-order valence-electron chi connectivity index (χ4n) is 2.57. The summed E-state index contributed by atoms with van der Waals surface area (Å²) in [7, 11) is 0. The van der Waals surface area contributed by atoms with Gasteiger partial charge in [0.15, 0.2) is 5.76 Å². The van der Waals surface area contributed by atoms with Crippen molar-refractivity contribution in [3.05, 3.63) is 88.3 Å². The Morgan fingerprint density at radius 3 is 2.85 bits per heavy atom. The first-order valence-corrected chi connectivity index (χ1v) is 9.28. The number of carbonyl (C=O) groups excluding carboxylic acids is 1. The lowest BCUT2D eigenvalue weighted by Crippen LogP contribution is -2.22. The average Bonchev–Trinajstić information content (AvgIpc) is 3.37. The van der Waals surface area contributed by atoms with Crippen molar-refractivity contribution in [2.24, 2.45) is 0 Å². The molecule has 0 bridgehead atoms. The number of pyridine rings is 1. The van der Waals surface area contributed by atoms with Crippen molar-refractivity contribution >= 4 is 17.2 Å². The summed E-state index contributed by atoms with van der Waals surface area (Å²) in [6, 6.07) is 15.6. The lowest BCUT2D eigenvalue weighted by atomic mass is 10.2. The van der Waals surface area contributed by atoms with Gasteiger partial charge in [0.2, 0.25) is 0 Å². The van der Waals surface area contributed by atoms with E-state index in [9.17, 15) is 4.79 Å². The van der Waals surface area contributed by atoms with Crippen molar-refractivity contribution in [1.29, 1.82) is 0 Å². The number of thiazole rings is 1. The first-order chi connectivity index (χ1) is 13.3. The Hall–Kier alpha value is -3.32. The fraction of sp³-hybridized carbons (Fsp3) is 0.100. The van der Waals surface area contributed by atoms with Crippen LogP contribution in [0.25, 0.3) is 11.3 Å². The molecule has 0 saturated heterocycles. The molecule has 134 valence electrons. The third-order valence-electron chi connectivity index (χ3n) is 3.92. The second kappa shape index (κ2) is 7.92. The van der Waals surface area contributed by atoms with Crippen molar-refractivity contribution in [1.82, 2.24) is 20.4 Å². The van der Waals surface area contributed by atoms with Gasteiger partial charge in [-0.3, -0.25) is 9.78 Å². The zero-order valence-electron chi connectivity index (χ0n) is 14.3. The van der Waals surface area contributed by atoms with Gasteiger partial charge in [0, 0.05) is 35.8 Å². The molecule has 27 heavy (non-hydrogen) atoms. The van der Waals surface area contributed by atoms with Crippen LogP contribution in [0.15, 0.2) is 70.8 Å². The minimum Gasteiger partial charge on any atom is -0.359 e. The molecule has 4 aromatic rings. The van der Waals surface area contributed by atoms with E-state index in [0.717, 1.165) is 17.0 Å². The molecule has 4 rings (SSSR count). The predicted octanol–water partition coefficient (Wildman–Crippen LogP) is 3.71. The Balaban J connectivity index is 1.35. The second-order valence-electron chi connectivity index (χ2n) is 5.89. The van der Waals surface area contributed by atoms with Crippen LogP contribution < -0.4 is 5.32 Å². The Kier molecular flexibility index (Phi) is 5.02. The Morgan fingerprint density at radius 2 is 2.04 bits per heavy atom. The molecule has 0 saturated carbocycles. The molecule has 1 amide bonds. The molecule has 6 nitrogen and oxygen atoms in total. The number of carbonyl (C=O) groups is 1. The van der Waals surface area contributed by atoms with E-state index < -0.39 is 0 Å². The fourth-order valence-corrected chi connectivity index (χ4v) is 3.38. The zero-order chi connectivity index (χ0) is 18.5. The van der Waals surface area contributed by atoms with Crippen molar-refractivity contribution in [2.75, 3.05) is 0 Å². The number of rotatable bonds is 6. The topological polar surface area (TPSA) is 80.9 Å². The third-order valence-corrected chi connectivity index (χ3v) is 4.77. The van der Waals surface area contributed by atoms with Gasteiger partial charge in [-0.1, -0.05) is 35.5 Å². The summed E-state index contributed by atoms with van der Waals surface area (Å²) in [5, 5.41) is 9.50. The van der Waals surface area contributed by atoms with Gasteiger partial charge in [-0.15, -0.1) is 11.3 Å². The number of benzene rings is 1. The van der Waals surface area contributed by atoms with Crippen LogP contribution in [0.5, 0.6) is 0 Å². The summed E-state index contributed by atoms with van der Waals surface area (Å²) in [5.74, 6) is 0.340. The van der Waals surface area contributed by atoms with E-state index >= 15 is 0 Å². The maximum Gasteiger partial charge on any atom is 0.271 e. The van der Waals surface area contributed by atoms with Gasteiger partial charge in [0.05, 0.1) is 11.6 Å². The summed E-state index contributed by atoms with van der Waals surface area (Å²) in [4.78, 5) is 20.8. The van der Waals surface area contributed by atoms with E-state index in [2.05, 4.69) is 20.4 Å². The molecular formula is C20H16N4O2S. The van der Waals surface area contributed by atoms with E-state index in [1.165, 1.54) is 16.9 Å². The number of nitrogens with zero attached hydrogens (tertiary/aromatic N) is 3. The second-order valence-corrected chi connectivity index (χ2v) is 6.83. The van der Waals surface area contributed by atoms with Crippen LogP contribution in [0.3, 0.4) is 0 Å². The van der Waals surface area contributed by atoms with Crippen LogP contribution in [0.4, 0.5) is 0 Å². The molecule has 0 radical (unpaired) electrons. The number of hydrogen-bond acceptors (Lipinski definition) is 6. The van der Waals surface area contributed by atoms with Gasteiger partial charge in [-0.25, -0.2) is 4.98 Å². The van der Waals surface area contributed by atoms with Gasteiger partial charge in [-0.05, 0) is 17.7 Å². The number of aromatic nitrogens is 3. The van der Waals surface area contributed by atoms with Crippen molar-refractivity contribution in [3.63, 3.8) is 0 Å². The highest BCUT2D eigenvalue weighted by molar-refractivity contribution is 7.09. The molecule has 0 aliphatic carbocycles. The highest BCUT2D eigenvalue weighted by Crippen LogP contribution is 2.18. The van der Waals surface area contributed by atoms with Crippen LogP contribution in [-0.2, 0) is 13.0 Å². The summed E-state index contributed by atoms with van der Waals surface area (Å²) < 4.78 is 5.28. The smallest absolute Gasteiger partial charge is 0.271 e. The summed E-state index contributed by atoms with van der Waals surface area (Å²) >= 11 is 1.48. The first kappa shape index (κ1) is 17.1. The summed E-state index contributed by atoms with van der Waals surface area (Å²) in [6.45, 7) is 0.248. The minimum absolute atomic E-state index is 0.232. The van der Waals surface area contributed by atoms with Crippen LogP contribution >= 0.6 is 11.3 Å². The standard InChI is InChI=1S/C20H16N4O2S/c25-20(18-13-27-19(23-18)9-14-5-2-1-3-6-14)22-12-16-10-17(24-26-16)15-7-4-8-21-11-15/h1-8,10-11,13H,9,12H2,(H,22,25). The largest absolute Gasteiger partial charge is 0.359 e. The SMILES string of the molecule is O=C(NCc1cc(-c2cccnc2)no1)c1csc(Cc2ccccc2)n1. The maximum atomic E-state index is 12.3. The minimum atomic E-state index is -0.232. The molecule has 0 aliphatic heterocycles. The lowest BCUT2D eigenvalue weighted by molar-refractivity contribution is 0.0942. The Bertz CT molecular complexity index is 1030. The van der Waals surface area contributed by atoms with E-state index in [1.54, 1.807) is 23.8 Å². The van der Waals surface area contributed by atoms with Gasteiger partial charge >= 0.3 is 0 Å². The van der Waals surface area contributed by atoms with Crippen molar-refractivity contribution < 1.29 is 9.32 Å². The number of nitrogens with one attached hydrogen (secondary N) is 1. The molecule has 0 atom stereocenters. The molecule has 0 unspecified atom stereocenters. The monoisotopic (exact) mass is 376 g/mol. The van der Waals surface area contributed by atoms with Crippen LogP contribution in [-0.4, -0.2) is 21.0 Å². The lowest BCUT2D eigenvalue weighted by Gasteiger charge is -1.99. The quantitative estimate of drug-likeness (QED) is 0.555. The van der Waals surface area contributed by atoms with E-state index in [0.29, 0.717) is 17.1 Å². The van der Waals surface area contributed by atoms with E-state index in [4.69, 9.17) is 4.52 Å². The molecule has 3 heterocycles. The number of amides is 1. The first-order valence-electron chi connectivity index (χ1n) is 8.40. The van der Waals surface area contributed by atoms with Gasteiger partial charge in [-0.2, -0.15) is 0 Å². The van der Waals surface area contributed by atoms with Crippen molar-refractivity contribution in [2.45, 2.75) is 13.0 Å². The molecule has 7 heteroatoms. The Morgan fingerprint density at radius 1 is 1.15 bits per heavy atom. The molecule has 1 N–H and O–H groups in total. The highest BCUT2D eigenvalue weighted by Gasteiger charge is 2.13. The molecule has 0 spiro atoms. The normalized spacial score (nSPS) is 10.7. The zero-order valence-corrected chi connectivity index (χ0v) is 15.1. The number of hydrogen-bond donors (Lipinski definition) is 1. The molecule has 0 fully saturated rings. The van der Waals surface area contributed by atoms with Crippen LogP contribution in [0.1, 0.15) is 26.8 Å². The van der Waals surface area contributed by atoms with Gasteiger partial charge < -0.3 is 9.84 Å². The van der Waals surface area contributed by atoms with Crippen LogP contribution in [0, 0.1) is 0 Å². The summed E-state index contributed by atoms with van der Waals surface area (Å²) in [5.41, 5.74) is 3.14. The van der Waals surface area contributed by atoms with Crippen LogP contribution in [0.2, 0.25) is 0 Å². The molecule has 3 aromatic heterocycles. The van der Waals surface area contributed by atoms with Gasteiger partial charge in [0.25, 0.3) is 5.91 Å². The van der Waals surface area contributed by atoms with Crippen molar-refractivity contribution in [3.8, 4) is 11.3 Å². The molecule has 0 aliphatic rings. The maximum absolute atomic E-state index is 12.3. The summed E-state index contributed by atoms with van der Waals surface area (Å²) in [6.07, 6.45) is 4.13. The van der Waals surface area contributed by atoms with Gasteiger partial charge in [0.1, 0.15) is 11.4 Å².